The summed E-state index contributed by atoms with van der Waals surface area (Å²) in [5.41, 5.74) is 5.78. The van der Waals surface area contributed by atoms with Gasteiger partial charge in [0.05, 0.1) is 10.6 Å². The Kier molecular flexibility index (Phi) is 11.4. The molecule has 1 aliphatic rings. The van der Waals surface area contributed by atoms with Gasteiger partial charge >= 0.3 is 0 Å². The second-order valence-electron chi connectivity index (χ2n) is 13.2. The van der Waals surface area contributed by atoms with Crippen LogP contribution in [-0.2, 0) is 32.6 Å². The Balaban J connectivity index is 1.59. The minimum atomic E-state index is -4.16. The Morgan fingerprint density at radius 2 is 1.40 bits per heavy atom. The lowest BCUT2D eigenvalue weighted by Gasteiger charge is -2.35. The molecule has 0 spiro atoms. The fraction of sp³-hybridized carbons (Fsp3) is 0.350. The van der Waals surface area contributed by atoms with Gasteiger partial charge in [0.2, 0.25) is 11.8 Å². The lowest BCUT2D eigenvalue weighted by molar-refractivity contribution is -0.140. The summed E-state index contributed by atoms with van der Waals surface area (Å²) in [7, 11) is -4.16. The Labute approximate surface area is 286 Å². The molecule has 0 aliphatic heterocycles. The summed E-state index contributed by atoms with van der Waals surface area (Å²) < 4.78 is 30.0. The average molecular weight is 666 g/mol. The summed E-state index contributed by atoms with van der Waals surface area (Å²) in [6, 6.07) is 29.0. The Hall–Kier alpha value is -4.43. The number of benzene rings is 4. The van der Waals surface area contributed by atoms with E-state index >= 15 is 0 Å². The number of nitrogens with zero attached hydrogens (tertiary/aromatic N) is 2. The minimum absolute atomic E-state index is 0.0498. The Morgan fingerprint density at radius 1 is 0.750 bits per heavy atom. The molecule has 1 atom stereocenters. The third-order valence-electron chi connectivity index (χ3n) is 9.18. The largest absolute Gasteiger partial charge is 0.352 e. The molecule has 0 saturated heterocycles. The summed E-state index contributed by atoms with van der Waals surface area (Å²) >= 11 is 0. The summed E-state index contributed by atoms with van der Waals surface area (Å²) in [6.07, 6.45) is 5.38. The first-order valence-electron chi connectivity index (χ1n) is 16.9. The Morgan fingerprint density at radius 3 is 2.08 bits per heavy atom. The summed E-state index contributed by atoms with van der Waals surface area (Å²) in [5.74, 6) is -0.667. The highest BCUT2D eigenvalue weighted by atomic mass is 32.2. The standard InChI is InChI=1S/C40H47N3O4S/c1-29-19-22-36(23-20-29)48(46,47)43(37-25-31(3)18-21-32(37)4)28-39(44)42(27-34-15-11-12-30(2)24-34)38(26-33-13-7-5-8-14-33)40(45)41-35-16-9-6-10-17-35/h5,7-8,11-15,18-25,35,38H,6,9-10,16-17,26-28H2,1-4H3,(H,41,45)/t38-/m0/s1. The smallest absolute Gasteiger partial charge is 0.264 e. The normalized spacial score (nSPS) is 14.2. The number of nitrogens with one attached hydrogen (secondary N) is 1. The number of carbonyl (C=O) groups is 2. The molecule has 0 unspecified atom stereocenters. The molecule has 1 fully saturated rings. The fourth-order valence-electron chi connectivity index (χ4n) is 6.44. The van der Waals surface area contributed by atoms with Crippen LogP contribution in [0.5, 0.6) is 0 Å². The van der Waals surface area contributed by atoms with Gasteiger partial charge in [-0.25, -0.2) is 8.42 Å². The van der Waals surface area contributed by atoms with Crippen LogP contribution in [0.4, 0.5) is 5.69 Å². The molecule has 48 heavy (non-hydrogen) atoms. The van der Waals surface area contributed by atoms with Crippen LogP contribution in [0.1, 0.15) is 65.5 Å². The van der Waals surface area contributed by atoms with Crippen LogP contribution in [0.2, 0.25) is 0 Å². The topological polar surface area (TPSA) is 86.8 Å². The van der Waals surface area contributed by atoms with Crippen molar-refractivity contribution in [1.82, 2.24) is 10.2 Å². The van der Waals surface area contributed by atoms with Crippen LogP contribution in [-0.4, -0.2) is 43.8 Å². The van der Waals surface area contributed by atoms with Gasteiger partial charge in [0.25, 0.3) is 10.0 Å². The predicted octanol–water partition coefficient (Wildman–Crippen LogP) is 7.20. The number of rotatable bonds is 12. The van der Waals surface area contributed by atoms with Crippen molar-refractivity contribution in [1.29, 1.82) is 0 Å². The lowest BCUT2D eigenvalue weighted by atomic mass is 9.94. The summed E-state index contributed by atoms with van der Waals surface area (Å²) in [6.45, 7) is 7.32. The van der Waals surface area contributed by atoms with Gasteiger partial charge in [0, 0.05) is 19.0 Å². The molecule has 0 bridgehead atoms. The maximum Gasteiger partial charge on any atom is 0.264 e. The monoisotopic (exact) mass is 665 g/mol. The van der Waals surface area contributed by atoms with Gasteiger partial charge in [0.15, 0.2) is 0 Å². The van der Waals surface area contributed by atoms with Gasteiger partial charge in [-0.1, -0.05) is 109 Å². The van der Waals surface area contributed by atoms with Crippen LogP contribution in [0.3, 0.4) is 0 Å². The van der Waals surface area contributed by atoms with Crippen molar-refractivity contribution in [2.45, 2.75) is 89.7 Å². The molecule has 4 aromatic carbocycles. The van der Waals surface area contributed by atoms with Gasteiger partial charge < -0.3 is 10.2 Å². The highest BCUT2D eigenvalue weighted by molar-refractivity contribution is 7.92. The van der Waals surface area contributed by atoms with Crippen LogP contribution < -0.4 is 9.62 Å². The third kappa shape index (κ3) is 8.72. The van der Waals surface area contributed by atoms with Crippen molar-refractivity contribution in [2.24, 2.45) is 0 Å². The van der Waals surface area contributed by atoms with Gasteiger partial charge in [-0.15, -0.1) is 0 Å². The second-order valence-corrected chi connectivity index (χ2v) is 15.0. The first-order valence-corrected chi connectivity index (χ1v) is 18.3. The molecule has 1 N–H and O–H groups in total. The molecular weight excluding hydrogens is 619 g/mol. The van der Waals surface area contributed by atoms with Crippen molar-refractivity contribution in [2.75, 3.05) is 10.8 Å². The molecule has 1 aliphatic carbocycles. The van der Waals surface area contributed by atoms with E-state index in [4.69, 9.17) is 0 Å². The van der Waals surface area contributed by atoms with E-state index in [1.165, 1.54) is 4.31 Å². The van der Waals surface area contributed by atoms with Crippen molar-refractivity contribution in [3.05, 3.63) is 130 Å². The Bertz CT molecular complexity index is 1820. The highest BCUT2D eigenvalue weighted by Crippen LogP contribution is 2.29. The third-order valence-corrected chi connectivity index (χ3v) is 11.0. The summed E-state index contributed by atoms with van der Waals surface area (Å²) in [4.78, 5) is 30.8. The number of hydrogen-bond donors (Lipinski definition) is 1. The van der Waals surface area contributed by atoms with Crippen molar-refractivity contribution in [3.63, 3.8) is 0 Å². The maximum atomic E-state index is 14.8. The van der Waals surface area contributed by atoms with E-state index in [0.717, 1.165) is 65.5 Å². The van der Waals surface area contributed by atoms with Gasteiger partial charge in [-0.2, -0.15) is 0 Å². The number of sulfonamides is 1. The molecular formula is C40H47N3O4S. The first kappa shape index (κ1) is 34.9. The molecule has 252 valence electrons. The van der Waals surface area contributed by atoms with Crippen molar-refractivity contribution in [3.8, 4) is 0 Å². The number of aryl methyl sites for hydroxylation is 4. The van der Waals surface area contributed by atoms with E-state index in [1.54, 1.807) is 35.2 Å². The molecule has 2 amide bonds. The number of hydrogen-bond acceptors (Lipinski definition) is 4. The number of carbonyl (C=O) groups excluding carboxylic acids is 2. The number of amides is 2. The maximum absolute atomic E-state index is 14.8. The zero-order chi connectivity index (χ0) is 34.3. The van der Waals surface area contributed by atoms with Crippen LogP contribution >= 0.6 is 0 Å². The minimum Gasteiger partial charge on any atom is -0.352 e. The van der Waals surface area contributed by atoms with Crippen molar-refractivity contribution >= 4 is 27.5 Å². The predicted molar refractivity (Wildman–Crippen MR) is 192 cm³/mol. The zero-order valence-corrected chi connectivity index (χ0v) is 29.3. The van der Waals surface area contributed by atoms with Crippen LogP contribution in [0.15, 0.2) is 102 Å². The fourth-order valence-corrected chi connectivity index (χ4v) is 7.91. The quantitative estimate of drug-likeness (QED) is 0.173. The number of anilines is 1. The molecule has 7 nitrogen and oxygen atoms in total. The SMILES string of the molecule is Cc1ccc(S(=O)(=O)N(CC(=O)N(Cc2cccc(C)c2)[C@@H](Cc2ccccc2)C(=O)NC2CCCCC2)c2cc(C)ccc2C)cc1. The first-order chi connectivity index (χ1) is 23.0. The van der Waals surface area contributed by atoms with Crippen molar-refractivity contribution < 1.29 is 18.0 Å². The second kappa shape index (κ2) is 15.6. The molecule has 0 aromatic heterocycles. The van der Waals surface area contributed by atoms with Gasteiger partial charge in [-0.3, -0.25) is 13.9 Å². The average Bonchev–Trinajstić information content (AvgIpc) is 3.07. The van der Waals surface area contributed by atoms with Gasteiger partial charge in [0.1, 0.15) is 12.6 Å². The summed E-state index contributed by atoms with van der Waals surface area (Å²) in [5, 5.41) is 3.27. The lowest BCUT2D eigenvalue weighted by Crippen LogP contribution is -2.55. The molecule has 8 heteroatoms. The molecule has 1 saturated carbocycles. The molecule has 5 rings (SSSR count). The highest BCUT2D eigenvalue weighted by Gasteiger charge is 2.36. The van der Waals surface area contributed by atoms with E-state index in [2.05, 4.69) is 5.32 Å². The van der Waals surface area contributed by atoms with E-state index in [-0.39, 0.29) is 23.4 Å². The van der Waals surface area contributed by atoms with E-state index in [1.807, 2.05) is 94.4 Å². The van der Waals surface area contributed by atoms with E-state index in [0.29, 0.717) is 12.1 Å². The molecule has 4 aromatic rings. The van der Waals surface area contributed by atoms with Gasteiger partial charge in [-0.05, 0) is 81.0 Å². The van der Waals surface area contributed by atoms with E-state index in [9.17, 15) is 18.0 Å². The zero-order valence-electron chi connectivity index (χ0n) is 28.5. The van der Waals surface area contributed by atoms with Crippen LogP contribution in [0.25, 0.3) is 0 Å². The molecule has 0 heterocycles. The molecule has 0 radical (unpaired) electrons. The van der Waals surface area contributed by atoms with E-state index < -0.39 is 28.5 Å². The van der Waals surface area contributed by atoms with Crippen LogP contribution in [0, 0.1) is 27.7 Å².